The first-order valence-electron chi connectivity index (χ1n) is 4.88. The first-order valence-corrected chi connectivity index (χ1v) is 4.88. The minimum absolute atomic E-state index is 0.123. The quantitative estimate of drug-likeness (QED) is 0.548. The number of amides is 1. The van der Waals surface area contributed by atoms with Crippen LogP contribution in [0, 0.1) is 5.92 Å². The van der Waals surface area contributed by atoms with E-state index in [1.807, 2.05) is 4.90 Å². The molecule has 0 spiro atoms. The van der Waals surface area contributed by atoms with E-state index in [0.717, 1.165) is 39.2 Å². The van der Waals surface area contributed by atoms with Crippen LogP contribution in [0.4, 0.5) is 0 Å². The van der Waals surface area contributed by atoms with Crippen LogP contribution in [-0.2, 0) is 9.53 Å². The molecule has 0 aromatic heterocycles. The number of rotatable bonds is 1. The third-order valence-electron chi connectivity index (χ3n) is 2.65. The maximum atomic E-state index is 11.8. The molecule has 2 heterocycles. The van der Waals surface area contributed by atoms with E-state index in [-0.39, 0.29) is 11.8 Å². The zero-order valence-corrected chi connectivity index (χ0v) is 7.74. The Hall–Kier alpha value is -0.610. The van der Waals surface area contributed by atoms with Crippen LogP contribution in [0.25, 0.3) is 0 Å². The molecule has 0 bridgehead atoms. The predicted molar refractivity (Wildman–Crippen MR) is 47.4 cm³/mol. The molecule has 2 saturated heterocycles. The standard InChI is InChI=1S/C9H15N2O2/c12-9(8-1-6-13-7-8)11-4-2-10-3-5-11/h8H,1-7H2. The number of hydrogen-bond acceptors (Lipinski definition) is 2. The monoisotopic (exact) mass is 183 g/mol. The minimum atomic E-state index is 0.123. The molecule has 0 saturated carbocycles. The van der Waals surface area contributed by atoms with Gasteiger partial charge in [0.1, 0.15) is 0 Å². The smallest absolute Gasteiger partial charge is 0.228 e. The van der Waals surface area contributed by atoms with Crippen molar-refractivity contribution in [3.63, 3.8) is 0 Å². The second kappa shape index (κ2) is 4.07. The fourth-order valence-corrected chi connectivity index (χ4v) is 1.81. The topological polar surface area (TPSA) is 43.6 Å². The summed E-state index contributed by atoms with van der Waals surface area (Å²) in [4.78, 5) is 13.7. The van der Waals surface area contributed by atoms with Gasteiger partial charge in [0.25, 0.3) is 0 Å². The van der Waals surface area contributed by atoms with E-state index < -0.39 is 0 Å². The van der Waals surface area contributed by atoms with Gasteiger partial charge in [0.05, 0.1) is 12.5 Å². The van der Waals surface area contributed by atoms with Crippen molar-refractivity contribution >= 4 is 5.91 Å². The van der Waals surface area contributed by atoms with Crippen molar-refractivity contribution in [3.05, 3.63) is 0 Å². The normalized spacial score (nSPS) is 29.2. The Balaban J connectivity index is 1.87. The lowest BCUT2D eigenvalue weighted by atomic mass is 10.1. The van der Waals surface area contributed by atoms with E-state index in [9.17, 15) is 4.79 Å². The molecule has 1 amide bonds. The van der Waals surface area contributed by atoms with Gasteiger partial charge in [0.2, 0.25) is 5.91 Å². The highest BCUT2D eigenvalue weighted by Crippen LogP contribution is 2.15. The van der Waals surface area contributed by atoms with Crippen molar-refractivity contribution in [3.8, 4) is 0 Å². The van der Waals surface area contributed by atoms with Gasteiger partial charge in [-0.25, -0.2) is 5.32 Å². The van der Waals surface area contributed by atoms with Crippen LogP contribution in [0.3, 0.4) is 0 Å². The van der Waals surface area contributed by atoms with Crippen LogP contribution in [-0.4, -0.2) is 50.2 Å². The molecule has 1 radical (unpaired) electrons. The minimum Gasteiger partial charge on any atom is -0.381 e. The van der Waals surface area contributed by atoms with Gasteiger partial charge in [-0.15, -0.1) is 0 Å². The van der Waals surface area contributed by atoms with Gasteiger partial charge in [-0.1, -0.05) is 0 Å². The molecule has 13 heavy (non-hydrogen) atoms. The summed E-state index contributed by atoms with van der Waals surface area (Å²) in [6.07, 6.45) is 0.895. The van der Waals surface area contributed by atoms with Gasteiger partial charge in [-0.3, -0.25) is 4.79 Å². The Morgan fingerprint density at radius 3 is 2.77 bits per heavy atom. The van der Waals surface area contributed by atoms with E-state index in [2.05, 4.69) is 5.32 Å². The summed E-state index contributed by atoms with van der Waals surface area (Å²) in [6.45, 7) is 4.57. The van der Waals surface area contributed by atoms with Crippen LogP contribution in [0.1, 0.15) is 6.42 Å². The lowest BCUT2D eigenvalue weighted by molar-refractivity contribution is -0.136. The number of piperazine rings is 1. The average molecular weight is 183 g/mol. The number of hydrogen-bond donors (Lipinski definition) is 0. The van der Waals surface area contributed by atoms with E-state index in [4.69, 9.17) is 4.74 Å². The summed E-state index contributed by atoms with van der Waals surface area (Å²) in [6, 6.07) is 0. The van der Waals surface area contributed by atoms with Gasteiger partial charge in [-0.2, -0.15) is 0 Å². The van der Waals surface area contributed by atoms with Crippen molar-refractivity contribution < 1.29 is 9.53 Å². The highest BCUT2D eigenvalue weighted by atomic mass is 16.5. The second-order valence-electron chi connectivity index (χ2n) is 3.56. The second-order valence-corrected chi connectivity index (χ2v) is 3.56. The van der Waals surface area contributed by atoms with Crippen LogP contribution >= 0.6 is 0 Å². The molecule has 0 aromatic rings. The Labute approximate surface area is 78.2 Å². The third-order valence-corrected chi connectivity index (χ3v) is 2.65. The molecule has 1 unspecified atom stereocenters. The van der Waals surface area contributed by atoms with E-state index >= 15 is 0 Å². The number of nitrogens with zero attached hydrogens (tertiary/aromatic N) is 2. The summed E-state index contributed by atoms with van der Waals surface area (Å²) >= 11 is 0. The summed E-state index contributed by atoms with van der Waals surface area (Å²) in [7, 11) is 0. The molecule has 0 N–H and O–H groups in total. The SMILES string of the molecule is O=C(C1CCOC1)N1CC[N]CC1. The number of ether oxygens (including phenoxy) is 1. The Morgan fingerprint density at radius 2 is 2.15 bits per heavy atom. The molecule has 2 aliphatic rings. The summed E-state index contributed by atoms with van der Waals surface area (Å²) in [5.74, 6) is 0.394. The largest absolute Gasteiger partial charge is 0.381 e. The lowest BCUT2D eigenvalue weighted by Crippen LogP contribution is -2.46. The molecule has 1 atom stereocenters. The zero-order valence-electron chi connectivity index (χ0n) is 7.74. The fourth-order valence-electron chi connectivity index (χ4n) is 1.81. The van der Waals surface area contributed by atoms with Crippen molar-refractivity contribution in [2.45, 2.75) is 6.42 Å². The van der Waals surface area contributed by atoms with Gasteiger partial charge in [0.15, 0.2) is 0 Å². The fraction of sp³-hybridized carbons (Fsp3) is 0.889. The molecular weight excluding hydrogens is 168 g/mol. The summed E-state index contributed by atoms with van der Waals surface area (Å²) in [5.41, 5.74) is 0. The molecule has 0 aliphatic carbocycles. The van der Waals surface area contributed by atoms with Crippen molar-refractivity contribution in [2.24, 2.45) is 5.92 Å². The zero-order chi connectivity index (χ0) is 9.10. The highest BCUT2D eigenvalue weighted by molar-refractivity contribution is 5.79. The van der Waals surface area contributed by atoms with Gasteiger partial charge >= 0.3 is 0 Å². The van der Waals surface area contributed by atoms with Crippen LogP contribution < -0.4 is 5.32 Å². The summed E-state index contributed by atoms with van der Waals surface area (Å²) < 4.78 is 5.20. The Kier molecular flexibility index (Phi) is 2.80. The van der Waals surface area contributed by atoms with Crippen LogP contribution in [0.15, 0.2) is 0 Å². The highest BCUT2D eigenvalue weighted by Gasteiger charge is 2.28. The van der Waals surface area contributed by atoms with Crippen LogP contribution in [0.2, 0.25) is 0 Å². The lowest BCUT2D eigenvalue weighted by Gasteiger charge is -2.28. The van der Waals surface area contributed by atoms with Crippen molar-refractivity contribution in [1.29, 1.82) is 0 Å². The molecule has 0 aromatic carbocycles. The molecular formula is C9H15N2O2. The molecule has 2 aliphatic heterocycles. The maximum Gasteiger partial charge on any atom is 0.228 e. The van der Waals surface area contributed by atoms with E-state index in [1.165, 1.54) is 0 Å². The molecule has 4 nitrogen and oxygen atoms in total. The average Bonchev–Trinajstić information content (AvgIpc) is 2.71. The predicted octanol–water partition coefficient (Wildman–Crippen LogP) is -0.530. The van der Waals surface area contributed by atoms with Crippen LogP contribution in [0.5, 0.6) is 0 Å². The first kappa shape index (κ1) is 8.97. The van der Waals surface area contributed by atoms with Crippen molar-refractivity contribution in [1.82, 2.24) is 10.2 Å². The van der Waals surface area contributed by atoms with Gasteiger partial charge in [0, 0.05) is 32.8 Å². The third kappa shape index (κ3) is 2.00. The number of carbonyl (C=O) groups is 1. The van der Waals surface area contributed by atoms with Gasteiger partial charge in [-0.05, 0) is 6.42 Å². The Morgan fingerprint density at radius 1 is 1.38 bits per heavy atom. The first-order chi connectivity index (χ1) is 6.38. The van der Waals surface area contributed by atoms with E-state index in [1.54, 1.807) is 0 Å². The van der Waals surface area contributed by atoms with Crippen molar-refractivity contribution in [2.75, 3.05) is 39.4 Å². The molecule has 2 fully saturated rings. The molecule has 2 rings (SSSR count). The Bertz CT molecular complexity index is 184. The van der Waals surface area contributed by atoms with Gasteiger partial charge < -0.3 is 9.64 Å². The molecule has 73 valence electrons. The maximum absolute atomic E-state index is 11.8. The van der Waals surface area contributed by atoms with E-state index in [0.29, 0.717) is 6.61 Å². The summed E-state index contributed by atoms with van der Waals surface area (Å²) in [5, 5.41) is 4.21. The number of carbonyl (C=O) groups excluding carboxylic acids is 1. The molecule has 4 heteroatoms.